The highest BCUT2D eigenvalue weighted by Crippen LogP contribution is 2.09. The lowest BCUT2D eigenvalue weighted by atomic mass is 10.2. The number of pyridine rings is 1. The Morgan fingerprint density at radius 1 is 1.50 bits per heavy atom. The SMILES string of the molecule is CC(C)CNSc1ccccn1. The lowest BCUT2D eigenvalue weighted by molar-refractivity contribution is 0.639. The van der Waals surface area contributed by atoms with Crippen molar-refractivity contribution in [3.8, 4) is 0 Å². The van der Waals surface area contributed by atoms with Crippen molar-refractivity contribution in [1.82, 2.24) is 9.71 Å². The fourth-order valence-electron chi connectivity index (χ4n) is 0.690. The predicted octanol–water partition coefficient (Wildman–Crippen LogP) is 2.33. The lowest BCUT2D eigenvalue weighted by Crippen LogP contribution is -2.11. The van der Waals surface area contributed by atoms with E-state index < -0.39 is 0 Å². The van der Waals surface area contributed by atoms with Gasteiger partial charge in [0.05, 0.1) is 0 Å². The Bertz CT molecular complexity index is 211. The van der Waals surface area contributed by atoms with Gasteiger partial charge in [0, 0.05) is 12.7 Å². The van der Waals surface area contributed by atoms with Crippen LogP contribution in [0.3, 0.4) is 0 Å². The fraction of sp³-hybridized carbons (Fsp3) is 0.444. The molecule has 0 spiro atoms. The summed E-state index contributed by atoms with van der Waals surface area (Å²) in [6.07, 6.45) is 1.80. The molecule has 0 aromatic carbocycles. The molecule has 1 aromatic heterocycles. The molecule has 1 aromatic rings. The molecular weight excluding hydrogens is 168 g/mol. The molecule has 2 nitrogen and oxygen atoms in total. The molecule has 0 saturated carbocycles. The maximum atomic E-state index is 4.18. The third-order valence-electron chi connectivity index (χ3n) is 1.31. The third kappa shape index (κ3) is 3.74. The van der Waals surface area contributed by atoms with Crippen LogP contribution in [-0.4, -0.2) is 11.5 Å². The number of rotatable bonds is 4. The summed E-state index contributed by atoms with van der Waals surface area (Å²) in [5, 5.41) is 1.03. The van der Waals surface area contributed by atoms with Crippen molar-refractivity contribution in [3.05, 3.63) is 24.4 Å². The van der Waals surface area contributed by atoms with E-state index >= 15 is 0 Å². The summed E-state index contributed by atoms with van der Waals surface area (Å²) in [5.41, 5.74) is 0. The number of nitrogens with one attached hydrogen (secondary N) is 1. The minimum absolute atomic E-state index is 0.682. The summed E-state index contributed by atoms with van der Waals surface area (Å²) >= 11 is 1.59. The van der Waals surface area contributed by atoms with Gasteiger partial charge < -0.3 is 0 Å². The van der Waals surface area contributed by atoms with Crippen LogP contribution in [0.15, 0.2) is 29.4 Å². The van der Waals surface area contributed by atoms with E-state index in [1.165, 1.54) is 0 Å². The highest BCUT2D eigenvalue weighted by atomic mass is 32.2. The Kier molecular flexibility index (Phi) is 4.11. The molecule has 0 unspecified atom stereocenters. The molecule has 12 heavy (non-hydrogen) atoms. The van der Waals surface area contributed by atoms with Gasteiger partial charge in [0.15, 0.2) is 0 Å². The first kappa shape index (κ1) is 9.55. The van der Waals surface area contributed by atoms with Crippen molar-refractivity contribution >= 4 is 11.9 Å². The van der Waals surface area contributed by atoms with E-state index in [-0.39, 0.29) is 0 Å². The van der Waals surface area contributed by atoms with Gasteiger partial charge in [-0.3, -0.25) is 4.72 Å². The summed E-state index contributed by atoms with van der Waals surface area (Å²) in [6.45, 7) is 5.39. The van der Waals surface area contributed by atoms with Gasteiger partial charge in [-0.1, -0.05) is 19.9 Å². The van der Waals surface area contributed by atoms with Gasteiger partial charge in [-0.25, -0.2) is 4.98 Å². The summed E-state index contributed by atoms with van der Waals surface area (Å²) in [4.78, 5) is 4.18. The molecule has 0 aliphatic rings. The van der Waals surface area contributed by atoms with Crippen LogP contribution in [0.4, 0.5) is 0 Å². The minimum atomic E-state index is 0.682. The molecule has 0 radical (unpaired) electrons. The van der Waals surface area contributed by atoms with Crippen LogP contribution >= 0.6 is 11.9 Å². The zero-order valence-electron chi connectivity index (χ0n) is 7.45. The van der Waals surface area contributed by atoms with Crippen LogP contribution in [-0.2, 0) is 0 Å². The Morgan fingerprint density at radius 2 is 2.33 bits per heavy atom. The van der Waals surface area contributed by atoms with Crippen LogP contribution in [0.25, 0.3) is 0 Å². The quantitative estimate of drug-likeness (QED) is 0.723. The van der Waals surface area contributed by atoms with E-state index in [9.17, 15) is 0 Å². The molecule has 0 bridgehead atoms. The average Bonchev–Trinajstić information content (AvgIpc) is 2.05. The van der Waals surface area contributed by atoms with E-state index in [0.717, 1.165) is 11.6 Å². The Hall–Kier alpha value is -0.540. The smallest absolute Gasteiger partial charge is 0.111 e. The summed E-state index contributed by atoms with van der Waals surface area (Å²) < 4.78 is 3.26. The minimum Gasteiger partial charge on any atom is -0.258 e. The summed E-state index contributed by atoms with van der Waals surface area (Å²) in [5.74, 6) is 0.682. The average molecular weight is 182 g/mol. The first-order valence-corrected chi connectivity index (χ1v) is 4.91. The van der Waals surface area contributed by atoms with Crippen molar-refractivity contribution in [2.24, 2.45) is 5.92 Å². The monoisotopic (exact) mass is 182 g/mol. The maximum absolute atomic E-state index is 4.18. The number of hydrogen-bond donors (Lipinski definition) is 1. The van der Waals surface area contributed by atoms with Crippen LogP contribution in [0, 0.1) is 5.92 Å². The molecule has 1 heterocycles. The molecule has 0 amide bonds. The van der Waals surface area contributed by atoms with Gasteiger partial charge in [0.1, 0.15) is 5.03 Å². The van der Waals surface area contributed by atoms with Crippen molar-refractivity contribution < 1.29 is 0 Å². The Labute approximate surface area is 77.9 Å². The van der Waals surface area contributed by atoms with Gasteiger partial charge in [0.2, 0.25) is 0 Å². The standard InChI is InChI=1S/C9H14N2S/c1-8(2)7-11-12-9-5-3-4-6-10-9/h3-6,8,11H,7H2,1-2H3. The number of aromatic nitrogens is 1. The molecule has 1 rings (SSSR count). The maximum Gasteiger partial charge on any atom is 0.111 e. The largest absolute Gasteiger partial charge is 0.258 e. The molecule has 66 valence electrons. The Morgan fingerprint density at radius 3 is 2.92 bits per heavy atom. The molecular formula is C9H14N2S. The lowest BCUT2D eigenvalue weighted by Gasteiger charge is -2.04. The second-order valence-electron chi connectivity index (χ2n) is 3.01. The van der Waals surface area contributed by atoms with Gasteiger partial charge in [-0.05, 0) is 30.0 Å². The van der Waals surface area contributed by atoms with Crippen molar-refractivity contribution in [2.45, 2.75) is 18.9 Å². The summed E-state index contributed by atoms with van der Waals surface area (Å²) in [7, 11) is 0. The zero-order valence-corrected chi connectivity index (χ0v) is 8.27. The predicted molar refractivity (Wildman–Crippen MR) is 52.9 cm³/mol. The topological polar surface area (TPSA) is 24.9 Å². The second kappa shape index (κ2) is 5.17. The highest BCUT2D eigenvalue weighted by molar-refractivity contribution is 7.97. The normalized spacial score (nSPS) is 10.6. The van der Waals surface area contributed by atoms with Crippen LogP contribution in [0.2, 0.25) is 0 Å². The van der Waals surface area contributed by atoms with E-state index in [1.54, 1.807) is 18.1 Å². The summed E-state index contributed by atoms with van der Waals surface area (Å²) in [6, 6.07) is 5.91. The van der Waals surface area contributed by atoms with Crippen LogP contribution in [0.1, 0.15) is 13.8 Å². The Balaban J connectivity index is 2.25. The molecule has 0 aliphatic heterocycles. The fourth-order valence-corrected chi connectivity index (χ4v) is 1.51. The number of hydrogen-bond acceptors (Lipinski definition) is 3. The number of nitrogens with zero attached hydrogens (tertiary/aromatic N) is 1. The molecule has 0 saturated heterocycles. The van der Waals surface area contributed by atoms with Crippen molar-refractivity contribution in [1.29, 1.82) is 0 Å². The van der Waals surface area contributed by atoms with Crippen molar-refractivity contribution in [3.63, 3.8) is 0 Å². The highest BCUT2D eigenvalue weighted by Gasteiger charge is 1.94. The van der Waals surface area contributed by atoms with Crippen LogP contribution < -0.4 is 4.72 Å². The van der Waals surface area contributed by atoms with Gasteiger partial charge >= 0.3 is 0 Å². The molecule has 1 N–H and O–H groups in total. The first-order chi connectivity index (χ1) is 5.79. The second-order valence-corrected chi connectivity index (χ2v) is 3.92. The van der Waals surface area contributed by atoms with E-state index in [2.05, 4.69) is 23.6 Å². The van der Waals surface area contributed by atoms with Crippen LogP contribution in [0.5, 0.6) is 0 Å². The molecule has 0 fully saturated rings. The van der Waals surface area contributed by atoms with Gasteiger partial charge in [-0.15, -0.1) is 0 Å². The van der Waals surface area contributed by atoms with Crippen molar-refractivity contribution in [2.75, 3.05) is 6.54 Å². The molecule has 0 atom stereocenters. The first-order valence-electron chi connectivity index (χ1n) is 4.10. The van der Waals surface area contributed by atoms with E-state index in [4.69, 9.17) is 0 Å². The molecule has 3 heteroatoms. The zero-order chi connectivity index (χ0) is 8.81. The van der Waals surface area contributed by atoms with E-state index in [1.807, 2.05) is 18.2 Å². The molecule has 0 aliphatic carbocycles. The van der Waals surface area contributed by atoms with Gasteiger partial charge in [0.25, 0.3) is 0 Å². The third-order valence-corrected chi connectivity index (χ3v) is 2.07. The van der Waals surface area contributed by atoms with E-state index in [0.29, 0.717) is 5.92 Å². The van der Waals surface area contributed by atoms with Gasteiger partial charge in [-0.2, -0.15) is 0 Å².